The van der Waals surface area contributed by atoms with E-state index in [-0.39, 0.29) is 40.0 Å². The molecule has 2 saturated heterocycles. The second-order valence-corrected chi connectivity index (χ2v) is 13.9. The summed E-state index contributed by atoms with van der Waals surface area (Å²) in [5, 5.41) is 3.32. The van der Waals surface area contributed by atoms with Gasteiger partial charge in [0.25, 0.3) is 0 Å². The zero-order valence-corrected chi connectivity index (χ0v) is 16.4. The summed E-state index contributed by atoms with van der Waals surface area (Å²) >= 11 is 1.41. The van der Waals surface area contributed by atoms with Crippen LogP contribution in [0.5, 0.6) is 0 Å². The average Bonchev–Trinajstić information content (AvgIpc) is 2.34. The molecule has 2 fully saturated rings. The van der Waals surface area contributed by atoms with E-state index < -0.39 is 8.32 Å². The Morgan fingerprint density at radius 3 is 2.45 bits per heavy atom. The minimum atomic E-state index is -1.91. The average molecular weight is 344 g/mol. The van der Waals surface area contributed by atoms with Gasteiger partial charge < -0.3 is 9.74 Å². The zero-order chi connectivity index (χ0) is 16.7. The Kier molecular flexibility index (Phi) is 5.14. The van der Waals surface area contributed by atoms with E-state index >= 15 is 0 Å². The minimum absolute atomic E-state index is 0.0347. The van der Waals surface area contributed by atoms with E-state index in [1.54, 1.807) is 0 Å². The summed E-state index contributed by atoms with van der Waals surface area (Å²) in [6, 6.07) is -0.0347. The van der Waals surface area contributed by atoms with Crippen LogP contribution in [0.15, 0.2) is 0 Å². The highest BCUT2D eigenvalue weighted by molar-refractivity contribution is 8.13. The molecule has 0 aromatic carbocycles. The smallest absolute Gasteiger partial charge is 0.228 e. The maximum atomic E-state index is 12.1. The number of carbonyl (C=O) groups is 2. The van der Waals surface area contributed by atoms with Gasteiger partial charge in [0.2, 0.25) is 5.91 Å². The maximum absolute atomic E-state index is 12.1. The van der Waals surface area contributed by atoms with Crippen molar-refractivity contribution < 1.29 is 14.0 Å². The highest BCUT2D eigenvalue weighted by Crippen LogP contribution is 2.41. The maximum Gasteiger partial charge on any atom is 0.228 e. The van der Waals surface area contributed by atoms with Crippen LogP contribution >= 0.6 is 11.8 Å². The van der Waals surface area contributed by atoms with Gasteiger partial charge in [-0.05, 0) is 37.9 Å². The van der Waals surface area contributed by atoms with E-state index in [9.17, 15) is 9.59 Å². The van der Waals surface area contributed by atoms with Gasteiger partial charge in [0.1, 0.15) is 0 Å². The molecule has 2 aliphatic heterocycles. The summed E-state index contributed by atoms with van der Waals surface area (Å²) in [7, 11) is -1.91. The Morgan fingerprint density at radius 2 is 1.95 bits per heavy atom. The first kappa shape index (κ1) is 18.0. The van der Waals surface area contributed by atoms with Crippen LogP contribution in [0.4, 0.5) is 0 Å². The largest absolute Gasteiger partial charge is 0.413 e. The molecule has 2 aliphatic rings. The number of thioether (sulfide) groups is 1. The molecule has 0 bridgehead atoms. The molecule has 0 aliphatic carbocycles. The fraction of sp³-hybridized carbons (Fsp3) is 0.875. The molecule has 22 heavy (non-hydrogen) atoms. The van der Waals surface area contributed by atoms with Crippen LogP contribution in [0.3, 0.4) is 0 Å². The molecule has 1 N–H and O–H groups in total. The summed E-state index contributed by atoms with van der Waals surface area (Å²) in [4.78, 5) is 24.2. The van der Waals surface area contributed by atoms with Crippen molar-refractivity contribution in [2.24, 2.45) is 11.8 Å². The molecular weight excluding hydrogens is 314 g/mol. The SMILES string of the molecule is C[C@@H](O[Si](C)(C)C(C)(C)C)[C@H]1C(=O)N[C@@H]1C1CCCSC1=O. The first-order chi connectivity index (χ1) is 10.0. The van der Waals surface area contributed by atoms with E-state index in [1.165, 1.54) is 11.8 Å². The van der Waals surface area contributed by atoms with E-state index in [2.05, 4.69) is 39.2 Å². The Labute approximate surface area is 139 Å². The number of nitrogens with one attached hydrogen (secondary N) is 1. The van der Waals surface area contributed by atoms with E-state index in [0.717, 1.165) is 18.6 Å². The standard InChI is InChI=1S/C16H29NO3SSi/c1-10(20-22(5,6)16(2,3)4)12-13(17-14(12)18)11-8-7-9-21-15(11)19/h10-13H,7-9H2,1-6H3,(H,17,18)/t10-,11?,12-,13-/m1/s1. The molecule has 126 valence electrons. The van der Waals surface area contributed by atoms with E-state index in [0.29, 0.717) is 0 Å². The second kappa shape index (κ2) is 6.28. The number of amides is 1. The van der Waals surface area contributed by atoms with Crippen molar-refractivity contribution in [2.75, 3.05) is 5.75 Å². The van der Waals surface area contributed by atoms with Crippen LogP contribution in [0.1, 0.15) is 40.5 Å². The van der Waals surface area contributed by atoms with Crippen LogP contribution in [-0.4, -0.2) is 37.2 Å². The first-order valence-electron chi connectivity index (χ1n) is 8.19. The van der Waals surface area contributed by atoms with Gasteiger partial charge in [-0.15, -0.1) is 0 Å². The van der Waals surface area contributed by atoms with Gasteiger partial charge in [0.05, 0.1) is 18.1 Å². The van der Waals surface area contributed by atoms with Crippen molar-refractivity contribution in [3.8, 4) is 0 Å². The number of rotatable bonds is 4. The number of hydrogen-bond donors (Lipinski definition) is 1. The highest BCUT2D eigenvalue weighted by atomic mass is 32.2. The predicted octanol–water partition coefficient (Wildman–Crippen LogP) is 3.18. The van der Waals surface area contributed by atoms with Crippen LogP contribution < -0.4 is 5.32 Å². The molecular formula is C16H29NO3SSi. The topological polar surface area (TPSA) is 55.4 Å². The van der Waals surface area contributed by atoms with Gasteiger partial charge in [-0.1, -0.05) is 32.5 Å². The lowest BCUT2D eigenvalue weighted by Gasteiger charge is -2.47. The summed E-state index contributed by atoms with van der Waals surface area (Å²) in [5.41, 5.74) is 0. The first-order valence-corrected chi connectivity index (χ1v) is 12.1. The van der Waals surface area contributed by atoms with E-state index in [1.807, 2.05) is 6.92 Å². The lowest BCUT2D eigenvalue weighted by molar-refractivity contribution is -0.143. The van der Waals surface area contributed by atoms with Gasteiger partial charge in [0.15, 0.2) is 13.4 Å². The summed E-state index contributed by atoms with van der Waals surface area (Å²) < 4.78 is 6.39. The van der Waals surface area contributed by atoms with Gasteiger partial charge in [-0.25, -0.2) is 0 Å². The Balaban J connectivity index is 2.06. The van der Waals surface area contributed by atoms with Gasteiger partial charge >= 0.3 is 0 Å². The molecule has 0 spiro atoms. The number of β-lactam (4-membered cyclic amide) rings is 1. The van der Waals surface area contributed by atoms with Crippen LogP contribution in [0, 0.1) is 11.8 Å². The summed E-state index contributed by atoms with van der Waals surface area (Å²) in [6.07, 6.45) is 1.82. The van der Waals surface area contributed by atoms with Crippen LogP contribution in [0.25, 0.3) is 0 Å². The van der Waals surface area contributed by atoms with Gasteiger partial charge in [-0.3, -0.25) is 9.59 Å². The lowest BCUT2D eigenvalue weighted by Crippen LogP contribution is -2.67. The number of hydrogen-bond acceptors (Lipinski definition) is 4. The van der Waals surface area contributed by atoms with Crippen molar-refractivity contribution >= 4 is 31.1 Å². The lowest BCUT2D eigenvalue weighted by atomic mass is 9.77. The normalized spacial score (nSPS) is 31.5. The molecule has 0 radical (unpaired) electrons. The second-order valence-electron chi connectivity index (χ2n) is 8.06. The Morgan fingerprint density at radius 1 is 1.32 bits per heavy atom. The molecule has 2 heterocycles. The quantitative estimate of drug-likeness (QED) is 0.629. The molecule has 2 rings (SSSR count). The molecule has 0 aromatic heterocycles. The molecule has 4 atom stereocenters. The van der Waals surface area contributed by atoms with Crippen molar-refractivity contribution in [1.29, 1.82) is 0 Å². The number of carbonyl (C=O) groups excluding carboxylic acids is 2. The van der Waals surface area contributed by atoms with Gasteiger partial charge in [0, 0.05) is 11.7 Å². The summed E-state index contributed by atoms with van der Waals surface area (Å²) in [5.74, 6) is 0.740. The summed E-state index contributed by atoms with van der Waals surface area (Å²) in [6.45, 7) is 13.0. The van der Waals surface area contributed by atoms with Crippen molar-refractivity contribution in [2.45, 2.75) is 70.8 Å². The van der Waals surface area contributed by atoms with Crippen LogP contribution in [0.2, 0.25) is 18.1 Å². The third kappa shape index (κ3) is 3.43. The van der Waals surface area contributed by atoms with E-state index in [4.69, 9.17) is 4.43 Å². The van der Waals surface area contributed by atoms with Crippen molar-refractivity contribution in [3.05, 3.63) is 0 Å². The van der Waals surface area contributed by atoms with Crippen molar-refractivity contribution in [1.82, 2.24) is 5.32 Å². The fourth-order valence-electron chi connectivity index (χ4n) is 3.02. The highest BCUT2D eigenvalue weighted by Gasteiger charge is 2.51. The molecule has 1 amide bonds. The Hall–Kier alpha value is -0.333. The molecule has 0 saturated carbocycles. The third-order valence-corrected chi connectivity index (χ3v) is 11.1. The minimum Gasteiger partial charge on any atom is -0.413 e. The van der Waals surface area contributed by atoms with Crippen LogP contribution in [-0.2, 0) is 14.0 Å². The Bertz CT molecular complexity index is 461. The zero-order valence-electron chi connectivity index (χ0n) is 14.6. The predicted molar refractivity (Wildman–Crippen MR) is 93.4 cm³/mol. The third-order valence-electron chi connectivity index (χ3n) is 5.43. The molecule has 0 aromatic rings. The van der Waals surface area contributed by atoms with Crippen molar-refractivity contribution in [3.63, 3.8) is 0 Å². The van der Waals surface area contributed by atoms with Gasteiger partial charge in [-0.2, -0.15) is 0 Å². The monoisotopic (exact) mass is 343 g/mol. The molecule has 1 unspecified atom stereocenters. The molecule has 6 heteroatoms. The molecule has 4 nitrogen and oxygen atoms in total. The fourth-order valence-corrected chi connectivity index (χ4v) is 5.44.